The van der Waals surface area contributed by atoms with Crippen molar-refractivity contribution >= 4 is 81.9 Å². The monoisotopic (exact) mass is 810 g/mol. The predicted molar refractivity (Wildman–Crippen MR) is 194 cm³/mol. The average Bonchev–Trinajstić information content (AvgIpc) is 3.12. The fourth-order valence-electron chi connectivity index (χ4n) is 3.71. The molecular formula is C36H50CaO14S2. The molecule has 0 aromatic heterocycles. The minimum atomic E-state index is -4.97. The Bertz CT molecular complexity index is 1610. The molecule has 4 atom stereocenters. The van der Waals surface area contributed by atoms with Crippen LogP contribution in [0.3, 0.4) is 0 Å². The van der Waals surface area contributed by atoms with Crippen molar-refractivity contribution < 1.29 is 64.1 Å². The van der Waals surface area contributed by atoms with Crippen LogP contribution in [0.25, 0.3) is 0 Å². The van der Waals surface area contributed by atoms with E-state index in [0.29, 0.717) is 0 Å². The van der Waals surface area contributed by atoms with E-state index in [0.717, 1.165) is 49.9 Å². The van der Waals surface area contributed by atoms with E-state index in [4.69, 9.17) is 18.9 Å². The Hall–Kier alpha value is -2.60. The fourth-order valence-corrected chi connectivity index (χ4v) is 5.10. The normalized spacial score (nSPS) is 13.5. The van der Waals surface area contributed by atoms with Crippen molar-refractivity contribution in [3.05, 3.63) is 58.7 Å². The van der Waals surface area contributed by atoms with Gasteiger partial charge in [-0.2, -0.15) is 0 Å². The fraction of sp³-hybridized carbons (Fsp3) is 0.556. The largest absolute Gasteiger partial charge is 2.00 e. The summed E-state index contributed by atoms with van der Waals surface area (Å²) in [6, 6.07) is 6.41. The van der Waals surface area contributed by atoms with Crippen LogP contribution in [0, 0.1) is 23.7 Å². The van der Waals surface area contributed by atoms with Crippen LogP contribution in [0.15, 0.2) is 46.2 Å². The number of hydrogen-bond donors (Lipinski definition) is 0. The van der Waals surface area contributed by atoms with E-state index in [-0.39, 0.29) is 110 Å². The molecule has 2 rings (SSSR count). The maximum absolute atomic E-state index is 12.1. The van der Waals surface area contributed by atoms with Crippen molar-refractivity contribution in [1.29, 1.82) is 0 Å². The molecule has 0 amide bonds. The van der Waals surface area contributed by atoms with Crippen molar-refractivity contribution in [3.8, 4) is 0 Å². The van der Waals surface area contributed by atoms with E-state index in [1.807, 2.05) is 55.4 Å². The van der Waals surface area contributed by atoms with Crippen LogP contribution < -0.4 is 0 Å². The Labute approximate surface area is 343 Å². The van der Waals surface area contributed by atoms with Gasteiger partial charge in [0, 0.05) is 0 Å². The number of esters is 4. The summed E-state index contributed by atoms with van der Waals surface area (Å²) >= 11 is 0. The Kier molecular flexibility index (Phi) is 22.8. The minimum Gasteiger partial charge on any atom is -0.744 e. The van der Waals surface area contributed by atoms with Gasteiger partial charge in [-0.05, 0) is 60.1 Å². The second kappa shape index (κ2) is 24.0. The van der Waals surface area contributed by atoms with E-state index in [2.05, 4.69) is 0 Å². The molecule has 0 N–H and O–H groups in total. The second-order valence-corrected chi connectivity index (χ2v) is 15.5. The number of rotatable bonds is 18. The molecule has 0 radical (unpaired) electrons. The van der Waals surface area contributed by atoms with Gasteiger partial charge in [0.25, 0.3) is 0 Å². The van der Waals surface area contributed by atoms with Gasteiger partial charge < -0.3 is 28.1 Å². The van der Waals surface area contributed by atoms with Crippen molar-refractivity contribution in [1.82, 2.24) is 0 Å². The molecule has 0 aliphatic carbocycles. The smallest absolute Gasteiger partial charge is 0.744 e. The summed E-state index contributed by atoms with van der Waals surface area (Å²) in [6.07, 6.45) is 3.19. The molecule has 4 unspecified atom stereocenters. The van der Waals surface area contributed by atoms with Gasteiger partial charge in [0.15, 0.2) is 0 Å². The minimum absolute atomic E-state index is 0. The van der Waals surface area contributed by atoms with Crippen molar-refractivity contribution in [2.45, 2.75) is 90.9 Å². The van der Waals surface area contributed by atoms with Gasteiger partial charge in [-0.1, -0.05) is 81.1 Å². The quantitative estimate of drug-likeness (QED) is 0.0773. The molecule has 0 bridgehead atoms. The van der Waals surface area contributed by atoms with Gasteiger partial charge in [0.1, 0.15) is 20.2 Å². The maximum atomic E-state index is 12.1. The number of benzene rings is 2. The van der Waals surface area contributed by atoms with E-state index < -0.39 is 53.9 Å². The molecule has 0 saturated carbocycles. The third kappa shape index (κ3) is 17.6. The van der Waals surface area contributed by atoms with E-state index >= 15 is 0 Å². The third-order valence-electron chi connectivity index (χ3n) is 8.20. The molecule has 17 heteroatoms. The van der Waals surface area contributed by atoms with Gasteiger partial charge in [0.2, 0.25) is 0 Å². The molecule has 0 saturated heterocycles. The van der Waals surface area contributed by atoms with Gasteiger partial charge in [-0.15, -0.1) is 0 Å². The Morgan fingerprint density at radius 2 is 0.755 bits per heavy atom. The molecular weight excluding hydrogens is 761 g/mol. The molecule has 2 aromatic rings. The summed E-state index contributed by atoms with van der Waals surface area (Å²) in [6.45, 7) is 15.8. The Balaban J connectivity index is 0.00000100. The zero-order valence-electron chi connectivity index (χ0n) is 31.7. The first-order chi connectivity index (χ1) is 24.2. The molecule has 2 aromatic carbocycles. The van der Waals surface area contributed by atoms with Crippen LogP contribution in [0.2, 0.25) is 0 Å². The van der Waals surface area contributed by atoms with Crippen LogP contribution in [0.5, 0.6) is 0 Å². The predicted octanol–water partition coefficient (Wildman–Crippen LogP) is 5.61. The van der Waals surface area contributed by atoms with Crippen LogP contribution in [-0.2, 0) is 39.2 Å². The zero-order valence-corrected chi connectivity index (χ0v) is 35.5. The van der Waals surface area contributed by atoms with E-state index in [1.54, 1.807) is 0 Å². The molecule has 0 aliphatic rings. The first-order valence-corrected chi connectivity index (χ1v) is 19.9. The van der Waals surface area contributed by atoms with Crippen molar-refractivity contribution in [3.63, 3.8) is 0 Å². The van der Waals surface area contributed by atoms with Gasteiger partial charge >= 0.3 is 61.6 Å². The van der Waals surface area contributed by atoms with Crippen LogP contribution in [0.1, 0.15) is 123 Å². The van der Waals surface area contributed by atoms with Crippen molar-refractivity contribution in [2.75, 3.05) is 26.4 Å². The molecule has 292 valence electrons. The number of hydrogen-bond acceptors (Lipinski definition) is 14. The second-order valence-electron chi connectivity index (χ2n) is 12.8. The number of carbonyl (C=O) groups excluding carboxylic acids is 4. The zero-order chi connectivity index (χ0) is 39.8. The summed E-state index contributed by atoms with van der Waals surface area (Å²) in [5, 5.41) is 0. The topological polar surface area (TPSA) is 220 Å². The first kappa shape index (κ1) is 50.4. The third-order valence-corrected chi connectivity index (χ3v) is 9.95. The number of ether oxygens (including phenoxy) is 4. The Morgan fingerprint density at radius 3 is 0.981 bits per heavy atom. The SMILES string of the molecule is CCC(C)COC(=O)c1ccc(C(=O)OCC(C)CC)c(S(=O)(=O)[O-])c1.CCC(C)COC(=O)c1ccc(C(=O)OCC(C)CC)c(S(=O)(=O)[O-])c1.[Ca+2]. The summed E-state index contributed by atoms with van der Waals surface area (Å²) in [5.41, 5.74) is -0.994. The van der Waals surface area contributed by atoms with Gasteiger partial charge in [-0.3, -0.25) is 0 Å². The summed E-state index contributed by atoms with van der Waals surface area (Å²) in [5.74, 6) is -2.85. The van der Waals surface area contributed by atoms with Crippen LogP contribution in [0.4, 0.5) is 0 Å². The summed E-state index contributed by atoms with van der Waals surface area (Å²) in [4.78, 5) is 46.8. The average molecular weight is 811 g/mol. The maximum Gasteiger partial charge on any atom is 2.00 e. The molecule has 0 aliphatic heterocycles. The molecule has 0 heterocycles. The number of carbonyl (C=O) groups is 4. The van der Waals surface area contributed by atoms with Gasteiger partial charge in [0.05, 0.1) is 58.5 Å². The standard InChI is InChI=1S/2C18H26O7S.Ca/c2*1-5-12(3)10-24-17(19)14-7-8-15(16(9-14)26(21,22)23)18(20)25-11-13(4)6-2;/h2*7-9,12-13H,5-6,10-11H2,1-4H3,(H,21,22,23);/q;;+2/p-2. The molecule has 53 heavy (non-hydrogen) atoms. The summed E-state index contributed by atoms with van der Waals surface area (Å²) < 4.78 is 89.4. The van der Waals surface area contributed by atoms with Gasteiger partial charge in [-0.25, -0.2) is 36.0 Å². The van der Waals surface area contributed by atoms with Crippen LogP contribution in [-0.4, -0.2) is 114 Å². The van der Waals surface area contributed by atoms with Crippen LogP contribution >= 0.6 is 0 Å². The first-order valence-electron chi connectivity index (χ1n) is 17.1. The summed E-state index contributed by atoms with van der Waals surface area (Å²) in [7, 11) is -9.95. The van der Waals surface area contributed by atoms with E-state index in [9.17, 15) is 45.1 Å². The van der Waals surface area contributed by atoms with Crippen molar-refractivity contribution in [2.24, 2.45) is 23.7 Å². The Morgan fingerprint density at radius 1 is 0.509 bits per heavy atom. The molecule has 0 spiro atoms. The molecule has 0 fully saturated rings. The van der Waals surface area contributed by atoms with E-state index in [1.165, 1.54) is 12.1 Å². The molecule has 14 nitrogen and oxygen atoms in total.